The second-order valence-corrected chi connectivity index (χ2v) is 7.02. The quantitative estimate of drug-likeness (QED) is 0.439. The van der Waals surface area contributed by atoms with E-state index in [2.05, 4.69) is 13.0 Å². The minimum absolute atomic E-state index is 0. The van der Waals surface area contributed by atoms with Crippen molar-refractivity contribution in [2.75, 3.05) is 6.61 Å². The number of aryl methyl sites for hydroxylation is 1. The van der Waals surface area contributed by atoms with Gasteiger partial charge in [0.25, 0.3) is 0 Å². The first-order valence-corrected chi connectivity index (χ1v) is 10.0. The van der Waals surface area contributed by atoms with Crippen LogP contribution in [0.15, 0.2) is 24.3 Å². The number of aromatic nitrogens is 2. The number of benzene rings is 1. The average Bonchev–Trinajstić information content (AvgIpc) is 2.87. The lowest BCUT2D eigenvalue weighted by Crippen LogP contribution is -2.23. The zero-order chi connectivity index (χ0) is 17.9. The first-order valence-electron chi connectivity index (χ1n) is 10.0. The summed E-state index contributed by atoms with van der Waals surface area (Å²) in [5, 5.41) is 8.22. The molecule has 4 nitrogen and oxygen atoms in total. The van der Waals surface area contributed by atoms with Crippen molar-refractivity contribution < 1.29 is 4.74 Å². The topological polar surface area (TPSA) is 42.9 Å². The summed E-state index contributed by atoms with van der Waals surface area (Å²) in [6.07, 6.45) is 13.4. The van der Waals surface area contributed by atoms with E-state index in [1.54, 1.807) is 0 Å². The molecule has 0 saturated carbocycles. The Kier molecular flexibility index (Phi) is 11.4. The highest BCUT2D eigenvalue weighted by Crippen LogP contribution is 2.12. The van der Waals surface area contributed by atoms with Crippen LogP contribution in [0.2, 0.25) is 0 Å². The number of fused-ring (bicyclic) bond motifs is 1. The number of rotatable bonds is 13. The lowest BCUT2D eigenvalue weighted by Gasteiger charge is -2.06. The van der Waals surface area contributed by atoms with E-state index in [9.17, 15) is 0 Å². The van der Waals surface area contributed by atoms with Gasteiger partial charge >= 0.3 is 0 Å². The number of hydrogen-bond donors (Lipinski definition) is 1. The van der Waals surface area contributed by atoms with E-state index >= 15 is 0 Å². The van der Waals surface area contributed by atoms with Crippen molar-refractivity contribution in [2.24, 2.45) is 7.05 Å². The first-order chi connectivity index (χ1) is 12.3. The Balaban J connectivity index is 0.00000338. The Morgan fingerprint density at radius 1 is 0.846 bits per heavy atom. The fourth-order valence-corrected chi connectivity index (χ4v) is 3.36. The lowest BCUT2D eigenvalue weighted by molar-refractivity contribution is 0.0730. The van der Waals surface area contributed by atoms with Crippen molar-refractivity contribution in [1.29, 1.82) is 5.41 Å². The van der Waals surface area contributed by atoms with Crippen LogP contribution in [0.5, 0.6) is 0 Å². The van der Waals surface area contributed by atoms with E-state index in [-0.39, 0.29) is 12.4 Å². The summed E-state index contributed by atoms with van der Waals surface area (Å²) < 4.78 is 9.66. The summed E-state index contributed by atoms with van der Waals surface area (Å²) in [4.78, 5) is 0. The summed E-state index contributed by atoms with van der Waals surface area (Å²) in [5.74, 6) is 0. The first kappa shape index (κ1) is 22.8. The maximum absolute atomic E-state index is 8.22. The number of imidazole rings is 1. The average molecular weight is 382 g/mol. The van der Waals surface area contributed by atoms with Crippen molar-refractivity contribution in [3.63, 3.8) is 0 Å². The van der Waals surface area contributed by atoms with Crippen LogP contribution < -0.4 is 5.62 Å². The van der Waals surface area contributed by atoms with Crippen molar-refractivity contribution in [2.45, 2.75) is 77.9 Å². The minimum atomic E-state index is 0. The Morgan fingerprint density at radius 2 is 1.38 bits per heavy atom. The monoisotopic (exact) mass is 381 g/mol. The number of halogens is 1. The molecule has 0 aliphatic rings. The van der Waals surface area contributed by atoms with Crippen molar-refractivity contribution in [3.05, 3.63) is 29.9 Å². The van der Waals surface area contributed by atoms with E-state index in [4.69, 9.17) is 10.1 Å². The highest BCUT2D eigenvalue weighted by atomic mass is 35.5. The Bertz CT molecular complexity index is 677. The Labute approximate surface area is 164 Å². The number of hydrogen-bond acceptors (Lipinski definition) is 2. The van der Waals surface area contributed by atoms with Gasteiger partial charge in [0.15, 0.2) is 0 Å². The van der Waals surface area contributed by atoms with Gasteiger partial charge in [0.2, 0.25) is 5.62 Å². The molecule has 0 bridgehead atoms. The third-order valence-electron chi connectivity index (χ3n) is 4.97. The smallest absolute Gasteiger partial charge is 0.204 e. The van der Waals surface area contributed by atoms with Gasteiger partial charge in [-0.3, -0.25) is 9.98 Å². The van der Waals surface area contributed by atoms with Gasteiger partial charge in [0.05, 0.1) is 11.0 Å². The van der Waals surface area contributed by atoms with Crippen molar-refractivity contribution in [3.8, 4) is 0 Å². The lowest BCUT2D eigenvalue weighted by atomic mass is 10.1. The number of nitrogens with one attached hydrogen (secondary N) is 1. The van der Waals surface area contributed by atoms with Gasteiger partial charge in [-0.05, 0) is 18.6 Å². The van der Waals surface area contributed by atoms with Crippen LogP contribution >= 0.6 is 12.4 Å². The van der Waals surface area contributed by atoms with E-state index in [1.165, 1.54) is 57.8 Å². The molecule has 0 radical (unpaired) electrons. The number of para-hydroxylation sites is 2. The maximum atomic E-state index is 8.22. The van der Waals surface area contributed by atoms with Gasteiger partial charge < -0.3 is 9.30 Å². The normalized spacial score (nSPS) is 11.0. The summed E-state index contributed by atoms with van der Waals surface area (Å²) in [7, 11) is 1.93. The second kappa shape index (κ2) is 13.0. The van der Waals surface area contributed by atoms with Gasteiger partial charge in [0.1, 0.15) is 6.73 Å². The molecule has 1 aromatic heterocycles. The number of unbranched alkanes of at least 4 members (excludes halogenated alkanes) is 9. The fraction of sp³-hybridized carbons (Fsp3) is 0.667. The van der Waals surface area contributed by atoms with Crippen LogP contribution in [0.1, 0.15) is 71.1 Å². The fourth-order valence-electron chi connectivity index (χ4n) is 3.36. The minimum Gasteiger partial charge on any atom is -0.361 e. The van der Waals surface area contributed by atoms with Crippen LogP contribution in [0.3, 0.4) is 0 Å². The molecule has 2 aromatic rings. The molecular formula is C21H36ClN3O. The summed E-state index contributed by atoms with van der Waals surface area (Å²) in [6.45, 7) is 3.52. The van der Waals surface area contributed by atoms with Gasteiger partial charge in [-0.15, -0.1) is 12.4 Å². The SMILES string of the molecule is CCCCCCCCCCCCOCn1c(=N)n(C)c2ccccc21.Cl. The summed E-state index contributed by atoms with van der Waals surface area (Å²) in [6, 6.07) is 8.13. The molecule has 2 rings (SSSR count). The molecule has 0 atom stereocenters. The molecule has 0 aliphatic carbocycles. The van der Waals surface area contributed by atoms with Crippen LogP contribution in [0.4, 0.5) is 0 Å². The predicted molar refractivity (Wildman–Crippen MR) is 112 cm³/mol. The zero-order valence-electron chi connectivity index (χ0n) is 16.5. The molecule has 0 spiro atoms. The van der Waals surface area contributed by atoms with E-state index in [0.717, 1.165) is 24.1 Å². The number of ether oxygens (including phenoxy) is 1. The highest BCUT2D eigenvalue weighted by molar-refractivity contribution is 5.85. The van der Waals surface area contributed by atoms with Gasteiger partial charge in [-0.2, -0.15) is 0 Å². The maximum Gasteiger partial charge on any atom is 0.204 e. The highest BCUT2D eigenvalue weighted by Gasteiger charge is 2.06. The molecule has 26 heavy (non-hydrogen) atoms. The molecule has 1 aromatic carbocycles. The Hall–Kier alpha value is -1.26. The Morgan fingerprint density at radius 3 is 2.00 bits per heavy atom. The van der Waals surface area contributed by atoms with Crippen molar-refractivity contribution >= 4 is 23.4 Å². The third kappa shape index (κ3) is 6.81. The molecule has 0 saturated heterocycles. The van der Waals surface area contributed by atoms with E-state index in [1.807, 2.05) is 34.4 Å². The second-order valence-electron chi connectivity index (χ2n) is 7.02. The summed E-state index contributed by atoms with van der Waals surface area (Å²) in [5.41, 5.74) is 2.64. The molecular weight excluding hydrogens is 346 g/mol. The molecule has 0 fully saturated rings. The largest absolute Gasteiger partial charge is 0.361 e. The molecule has 0 amide bonds. The number of nitrogens with zero attached hydrogens (tertiary/aromatic N) is 2. The van der Waals surface area contributed by atoms with E-state index < -0.39 is 0 Å². The molecule has 5 heteroatoms. The molecule has 1 heterocycles. The van der Waals surface area contributed by atoms with Crippen LogP contribution in [-0.4, -0.2) is 15.7 Å². The molecule has 0 aliphatic heterocycles. The van der Waals surface area contributed by atoms with Gasteiger partial charge in [0, 0.05) is 13.7 Å². The zero-order valence-corrected chi connectivity index (χ0v) is 17.3. The summed E-state index contributed by atoms with van der Waals surface area (Å²) >= 11 is 0. The predicted octanol–water partition coefficient (Wildman–Crippen LogP) is 5.78. The van der Waals surface area contributed by atoms with Crippen molar-refractivity contribution in [1.82, 2.24) is 9.13 Å². The molecule has 0 unspecified atom stereocenters. The molecule has 148 valence electrons. The van der Waals surface area contributed by atoms with Gasteiger partial charge in [-0.1, -0.05) is 76.8 Å². The van der Waals surface area contributed by atoms with Crippen LogP contribution in [-0.2, 0) is 18.5 Å². The third-order valence-corrected chi connectivity index (χ3v) is 4.97. The van der Waals surface area contributed by atoms with Crippen LogP contribution in [0, 0.1) is 5.41 Å². The van der Waals surface area contributed by atoms with Crippen LogP contribution in [0.25, 0.3) is 11.0 Å². The standard InChI is InChI=1S/C21H35N3O.ClH/c1-3-4-5-6-7-8-9-10-11-14-17-25-18-24-20-16-13-12-15-19(20)23(2)21(24)22;/h12-13,15-16,22H,3-11,14,17-18H2,1-2H3;1H. The van der Waals surface area contributed by atoms with Gasteiger partial charge in [-0.25, -0.2) is 0 Å². The molecule has 1 N–H and O–H groups in total. The van der Waals surface area contributed by atoms with E-state index in [0.29, 0.717) is 12.3 Å².